The van der Waals surface area contributed by atoms with Gasteiger partial charge in [0.2, 0.25) is 0 Å². The lowest BCUT2D eigenvalue weighted by molar-refractivity contribution is 0.186. The number of rotatable bonds is 4. The van der Waals surface area contributed by atoms with Gasteiger partial charge >= 0.3 is 0 Å². The summed E-state index contributed by atoms with van der Waals surface area (Å²) in [6.45, 7) is 12.1. The van der Waals surface area contributed by atoms with Crippen LogP contribution in [0.4, 0.5) is 0 Å². The molecular weight excluding hydrogens is 196 g/mol. The first kappa shape index (κ1) is 12.4. The van der Waals surface area contributed by atoms with Crippen molar-refractivity contribution >= 4 is 0 Å². The van der Waals surface area contributed by atoms with Crippen LogP contribution in [0.1, 0.15) is 40.0 Å². The third kappa shape index (κ3) is 2.60. The van der Waals surface area contributed by atoms with E-state index in [1.807, 2.05) is 0 Å². The van der Waals surface area contributed by atoms with Gasteiger partial charge in [-0.3, -0.25) is 4.90 Å². The van der Waals surface area contributed by atoms with E-state index in [9.17, 15) is 0 Å². The molecule has 0 bridgehead atoms. The van der Waals surface area contributed by atoms with Gasteiger partial charge in [0.15, 0.2) is 0 Å². The largest absolute Gasteiger partial charge is 0.317 e. The molecule has 0 radical (unpaired) electrons. The zero-order valence-corrected chi connectivity index (χ0v) is 11.2. The lowest BCUT2D eigenvalue weighted by Gasteiger charge is -2.28. The molecule has 1 aliphatic heterocycles. The average Bonchev–Trinajstić information content (AvgIpc) is 2.85. The minimum Gasteiger partial charge on any atom is -0.317 e. The molecule has 1 saturated carbocycles. The second-order valence-electron chi connectivity index (χ2n) is 5.94. The standard InChI is InChI=1S/C14H28N2/c1-4-15-9-13-7-8-16(10-13)14-6-5-11(2)12(14)3/h11-15H,4-10H2,1-3H3. The van der Waals surface area contributed by atoms with Crippen LogP contribution >= 0.6 is 0 Å². The quantitative estimate of drug-likeness (QED) is 0.788. The SMILES string of the molecule is CCNCC1CCN(C2CCC(C)C2C)C1. The van der Waals surface area contributed by atoms with Gasteiger partial charge in [-0.2, -0.15) is 0 Å². The predicted octanol–water partition coefficient (Wildman–Crippen LogP) is 2.35. The number of likely N-dealkylation sites (tertiary alicyclic amines) is 1. The van der Waals surface area contributed by atoms with Gasteiger partial charge in [0.05, 0.1) is 0 Å². The Morgan fingerprint density at radius 2 is 2.00 bits per heavy atom. The normalized spacial score (nSPS) is 40.7. The summed E-state index contributed by atoms with van der Waals surface area (Å²) in [5, 5.41) is 3.49. The molecule has 2 fully saturated rings. The van der Waals surface area contributed by atoms with E-state index in [-0.39, 0.29) is 0 Å². The molecule has 2 aliphatic rings. The topological polar surface area (TPSA) is 15.3 Å². The van der Waals surface area contributed by atoms with E-state index in [0.717, 1.165) is 30.3 Å². The lowest BCUT2D eigenvalue weighted by atomic mass is 9.97. The van der Waals surface area contributed by atoms with Crippen LogP contribution < -0.4 is 5.32 Å². The Kier molecular flexibility index (Phi) is 4.26. The Hall–Kier alpha value is -0.0800. The first-order chi connectivity index (χ1) is 7.72. The Morgan fingerprint density at radius 1 is 1.19 bits per heavy atom. The summed E-state index contributed by atoms with van der Waals surface area (Å²) in [6, 6.07) is 0.890. The molecule has 0 spiro atoms. The lowest BCUT2D eigenvalue weighted by Crippen LogP contribution is -2.37. The first-order valence-electron chi connectivity index (χ1n) is 7.17. The molecule has 0 aromatic rings. The van der Waals surface area contributed by atoms with Crippen LogP contribution in [0.5, 0.6) is 0 Å². The van der Waals surface area contributed by atoms with Gasteiger partial charge in [0.25, 0.3) is 0 Å². The van der Waals surface area contributed by atoms with Crippen molar-refractivity contribution in [2.45, 2.75) is 46.1 Å². The van der Waals surface area contributed by atoms with Gasteiger partial charge < -0.3 is 5.32 Å². The number of hydrogen-bond donors (Lipinski definition) is 1. The third-order valence-electron chi connectivity index (χ3n) is 4.89. The monoisotopic (exact) mass is 224 g/mol. The van der Waals surface area contributed by atoms with E-state index in [4.69, 9.17) is 0 Å². The summed E-state index contributed by atoms with van der Waals surface area (Å²) in [7, 11) is 0. The van der Waals surface area contributed by atoms with E-state index in [1.54, 1.807) is 0 Å². The van der Waals surface area contributed by atoms with Gasteiger partial charge in [0, 0.05) is 12.6 Å². The molecule has 0 amide bonds. The molecule has 94 valence electrons. The molecule has 0 aromatic carbocycles. The van der Waals surface area contributed by atoms with E-state index in [0.29, 0.717) is 0 Å². The van der Waals surface area contributed by atoms with Gasteiger partial charge in [-0.25, -0.2) is 0 Å². The Balaban J connectivity index is 1.80. The fourth-order valence-corrected chi connectivity index (χ4v) is 3.53. The Bertz CT molecular complexity index is 217. The van der Waals surface area contributed by atoms with E-state index in [1.165, 1.54) is 38.9 Å². The van der Waals surface area contributed by atoms with Crippen molar-refractivity contribution in [1.82, 2.24) is 10.2 Å². The maximum absolute atomic E-state index is 3.49. The van der Waals surface area contributed by atoms with Crippen LogP contribution in [0, 0.1) is 17.8 Å². The van der Waals surface area contributed by atoms with Crippen LogP contribution in [0.25, 0.3) is 0 Å². The van der Waals surface area contributed by atoms with Gasteiger partial charge in [0.1, 0.15) is 0 Å². The van der Waals surface area contributed by atoms with Crippen molar-refractivity contribution in [1.29, 1.82) is 0 Å². The molecule has 16 heavy (non-hydrogen) atoms. The minimum absolute atomic E-state index is 0.890. The molecular formula is C14H28N2. The number of nitrogens with zero attached hydrogens (tertiary/aromatic N) is 1. The highest BCUT2D eigenvalue weighted by molar-refractivity contribution is 4.90. The molecule has 4 unspecified atom stereocenters. The van der Waals surface area contributed by atoms with Crippen molar-refractivity contribution in [2.24, 2.45) is 17.8 Å². The molecule has 1 saturated heterocycles. The van der Waals surface area contributed by atoms with Crippen molar-refractivity contribution in [3.05, 3.63) is 0 Å². The Morgan fingerprint density at radius 3 is 2.62 bits per heavy atom. The zero-order chi connectivity index (χ0) is 11.5. The average molecular weight is 224 g/mol. The molecule has 0 aromatic heterocycles. The van der Waals surface area contributed by atoms with Crippen molar-refractivity contribution in [2.75, 3.05) is 26.2 Å². The molecule has 1 aliphatic carbocycles. The Labute approximate surface area is 101 Å². The summed E-state index contributed by atoms with van der Waals surface area (Å²) >= 11 is 0. The fraction of sp³-hybridized carbons (Fsp3) is 1.00. The van der Waals surface area contributed by atoms with Crippen LogP contribution in [-0.2, 0) is 0 Å². The third-order valence-corrected chi connectivity index (χ3v) is 4.89. The summed E-state index contributed by atoms with van der Waals surface area (Å²) in [4.78, 5) is 2.77. The molecule has 1 N–H and O–H groups in total. The highest BCUT2D eigenvalue weighted by atomic mass is 15.2. The first-order valence-corrected chi connectivity index (χ1v) is 7.17. The molecule has 2 heteroatoms. The van der Waals surface area contributed by atoms with Crippen LogP contribution in [0.15, 0.2) is 0 Å². The van der Waals surface area contributed by atoms with Gasteiger partial charge in [-0.15, -0.1) is 0 Å². The fourth-order valence-electron chi connectivity index (χ4n) is 3.53. The molecule has 4 atom stereocenters. The highest BCUT2D eigenvalue weighted by Crippen LogP contribution is 2.36. The maximum Gasteiger partial charge on any atom is 0.0124 e. The second-order valence-corrected chi connectivity index (χ2v) is 5.94. The van der Waals surface area contributed by atoms with Gasteiger partial charge in [-0.05, 0) is 56.7 Å². The molecule has 2 nitrogen and oxygen atoms in total. The minimum atomic E-state index is 0.890. The van der Waals surface area contributed by atoms with Crippen molar-refractivity contribution in [3.63, 3.8) is 0 Å². The summed E-state index contributed by atoms with van der Waals surface area (Å²) in [6.07, 6.45) is 4.29. The maximum atomic E-state index is 3.49. The summed E-state index contributed by atoms with van der Waals surface area (Å²) in [5.41, 5.74) is 0. The predicted molar refractivity (Wildman–Crippen MR) is 69.6 cm³/mol. The van der Waals surface area contributed by atoms with Crippen LogP contribution in [0.3, 0.4) is 0 Å². The van der Waals surface area contributed by atoms with E-state index < -0.39 is 0 Å². The van der Waals surface area contributed by atoms with Crippen molar-refractivity contribution < 1.29 is 0 Å². The number of hydrogen-bond acceptors (Lipinski definition) is 2. The second kappa shape index (κ2) is 5.50. The van der Waals surface area contributed by atoms with Crippen LogP contribution in [-0.4, -0.2) is 37.1 Å². The molecule has 1 heterocycles. The van der Waals surface area contributed by atoms with E-state index in [2.05, 4.69) is 31.0 Å². The molecule has 2 rings (SSSR count). The smallest absolute Gasteiger partial charge is 0.0124 e. The van der Waals surface area contributed by atoms with Crippen molar-refractivity contribution in [3.8, 4) is 0 Å². The van der Waals surface area contributed by atoms with E-state index >= 15 is 0 Å². The summed E-state index contributed by atoms with van der Waals surface area (Å²) < 4.78 is 0. The highest BCUT2D eigenvalue weighted by Gasteiger charge is 2.36. The zero-order valence-electron chi connectivity index (χ0n) is 11.2. The van der Waals surface area contributed by atoms with Crippen LogP contribution in [0.2, 0.25) is 0 Å². The number of nitrogens with one attached hydrogen (secondary N) is 1. The van der Waals surface area contributed by atoms with Gasteiger partial charge in [-0.1, -0.05) is 20.8 Å². The summed E-state index contributed by atoms with van der Waals surface area (Å²) in [5.74, 6) is 2.76.